The van der Waals surface area contributed by atoms with Crippen LogP contribution in [0.25, 0.3) is 11.1 Å². The lowest BCUT2D eigenvalue weighted by Gasteiger charge is -2.07. The molecular weight excluding hydrogens is 226 g/mol. The van der Waals surface area contributed by atoms with Crippen LogP contribution in [0.5, 0.6) is 0 Å². The Morgan fingerprint density at radius 3 is 2.53 bits per heavy atom. The van der Waals surface area contributed by atoms with Crippen LogP contribution in [0.1, 0.15) is 10.4 Å². The lowest BCUT2D eigenvalue weighted by Crippen LogP contribution is -2.22. The van der Waals surface area contributed by atoms with Crippen molar-refractivity contribution in [3.8, 4) is 11.1 Å². The van der Waals surface area contributed by atoms with E-state index in [1.54, 1.807) is 0 Å². The highest BCUT2D eigenvalue weighted by Crippen LogP contribution is 2.24. The summed E-state index contributed by atoms with van der Waals surface area (Å²) in [5.74, 6) is -2.55. The van der Waals surface area contributed by atoms with Gasteiger partial charge < -0.3 is 9.90 Å². The average Bonchev–Trinajstić information content (AvgIpc) is 2.32. The van der Waals surface area contributed by atoms with Gasteiger partial charge in [-0.05, 0) is 35.4 Å². The zero-order chi connectivity index (χ0) is 12.4. The number of carbonyl (C=O) groups is 1. The molecule has 2 aromatic rings. The smallest absolute Gasteiger partial charge is 0.131 e. The van der Waals surface area contributed by atoms with Crippen molar-refractivity contribution in [3.05, 3.63) is 59.7 Å². The molecule has 0 bridgehead atoms. The van der Waals surface area contributed by atoms with Gasteiger partial charge >= 0.3 is 0 Å². The van der Waals surface area contributed by atoms with E-state index in [4.69, 9.17) is 0 Å². The Kier molecular flexibility index (Phi) is 2.87. The fourth-order valence-electron chi connectivity index (χ4n) is 1.53. The van der Waals surface area contributed by atoms with Crippen LogP contribution in [0.3, 0.4) is 0 Å². The standard InChI is InChI=1S/C13H8F2O2/c14-10-4-5-12(15)11(7-10)8-2-1-3-9(6-8)13(16)17/h1-7H,(H,16,17)/p-1. The summed E-state index contributed by atoms with van der Waals surface area (Å²) in [5.41, 5.74) is 0.239. The third-order valence-electron chi connectivity index (χ3n) is 2.34. The summed E-state index contributed by atoms with van der Waals surface area (Å²) in [4.78, 5) is 10.7. The van der Waals surface area contributed by atoms with Gasteiger partial charge in [0, 0.05) is 5.56 Å². The van der Waals surface area contributed by atoms with Crippen LogP contribution in [-0.4, -0.2) is 5.97 Å². The number of benzene rings is 2. The third-order valence-corrected chi connectivity index (χ3v) is 2.34. The Morgan fingerprint density at radius 1 is 1.06 bits per heavy atom. The molecule has 0 N–H and O–H groups in total. The Hall–Kier alpha value is -2.23. The van der Waals surface area contributed by atoms with E-state index in [0.29, 0.717) is 5.56 Å². The number of halogens is 2. The first kappa shape index (κ1) is 11.3. The molecule has 17 heavy (non-hydrogen) atoms. The fourth-order valence-corrected chi connectivity index (χ4v) is 1.53. The molecule has 0 fully saturated rings. The van der Waals surface area contributed by atoms with Crippen molar-refractivity contribution in [1.82, 2.24) is 0 Å². The van der Waals surface area contributed by atoms with E-state index in [9.17, 15) is 18.7 Å². The molecule has 0 saturated carbocycles. The van der Waals surface area contributed by atoms with Crippen molar-refractivity contribution in [1.29, 1.82) is 0 Å². The molecule has 0 radical (unpaired) electrons. The fraction of sp³-hybridized carbons (Fsp3) is 0. The predicted octanol–water partition coefficient (Wildman–Crippen LogP) is 2.00. The van der Waals surface area contributed by atoms with Gasteiger partial charge in [0.05, 0.1) is 5.97 Å². The van der Waals surface area contributed by atoms with Crippen LogP contribution in [0, 0.1) is 11.6 Å². The van der Waals surface area contributed by atoms with Crippen LogP contribution in [0.2, 0.25) is 0 Å². The molecule has 4 heteroatoms. The van der Waals surface area contributed by atoms with E-state index >= 15 is 0 Å². The monoisotopic (exact) mass is 233 g/mol. The van der Waals surface area contributed by atoms with Crippen molar-refractivity contribution in [2.24, 2.45) is 0 Å². The van der Waals surface area contributed by atoms with Gasteiger partial charge in [0.2, 0.25) is 0 Å². The minimum Gasteiger partial charge on any atom is -0.545 e. The van der Waals surface area contributed by atoms with Crippen LogP contribution in [0.4, 0.5) is 8.78 Å². The molecule has 0 spiro atoms. The third kappa shape index (κ3) is 2.30. The number of carboxylic acid groups (broad SMARTS) is 1. The van der Waals surface area contributed by atoms with Gasteiger partial charge in [-0.3, -0.25) is 0 Å². The molecule has 2 rings (SSSR count). The number of hydrogen-bond donors (Lipinski definition) is 0. The second kappa shape index (κ2) is 4.33. The summed E-state index contributed by atoms with van der Waals surface area (Å²) < 4.78 is 26.5. The topological polar surface area (TPSA) is 40.1 Å². The van der Waals surface area contributed by atoms with Crippen molar-refractivity contribution in [2.75, 3.05) is 0 Å². The number of carboxylic acids is 1. The summed E-state index contributed by atoms with van der Waals surface area (Å²) >= 11 is 0. The lowest BCUT2D eigenvalue weighted by atomic mass is 10.0. The second-order valence-corrected chi connectivity index (χ2v) is 3.49. The normalized spacial score (nSPS) is 10.2. The van der Waals surface area contributed by atoms with E-state index in [1.807, 2.05) is 0 Å². The van der Waals surface area contributed by atoms with E-state index in [-0.39, 0.29) is 11.1 Å². The Morgan fingerprint density at radius 2 is 1.82 bits per heavy atom. The highest BCUT2D eigenvalue weighted by molar-refractivity contribution is 5.87. The van der Waals surface area contributed by atoms with E-state index < -0.39 is 17.6 Å². The van der Waals surface area contributed by atoms with Crippen LogP contribution < -0.4 is 5.11 Å². The van der Waals surface area contributed by atoms with Gasteiger partial charge in [0.1, 0.15) is 11.6 Å². The van der Waals surface area contributed by atoms with Gasteiger partial charge in [-0.1, -0.05) is 18.2 Å². The Bertz CT molecular complexity index is 579. The quantitative estimate of drug-likeness (QED) is 0.795. The second-order valence-electron chi connectivity index (χ2n) is 3.49. The highest BCUT2D eigenvalue weighted by Gasteiger charge is 2.07. The first-order valence-corrected chi connectivity index (χ1v) is 4.85. The van der Waals surface area contributed by atoms with Crippen molar-refractivity contribution < 1.29 is 18.7 Å². The van der Waals surface area contributed by atoms with Crippen LogP contribution >= 0.6 is 0 Å². The first-order valence-electron chi connectivity index (χ1n) is 4.85. The number of hydrogen-bond acceptors (Lipinski definition) is 2. The number of carbonyl (C=O) groups excluding carboxylic acids is 1. The summed E-state index contributed by atoms with van der Waals surface area (Å²) in [6, 6.07) is 8.54. The SMILES string of the molecule is O=C([O-])c1cccc(-c2cc(F)ccc2F)c1. The van der Waals surface area contributed by atoms with E-state index in [1.165, 1.54) is 24.3 Å². The van der Waals surface area contributed by atoms with Gasteiger partial charge in [-0.2, -0.15) is 0 Å². The molecule has 0 aliphatic rings. The zero-order valence-electron chi connectivity index (χ0n) is 8.61. The van der Waals surface area contributed by atoms with Gasteiger partial charge in [-0.15, -0.1) is 0 Å². The van der Waals surface area contributed by atoms with Crippen LogP contribution in [0.15, 0.2) is 42.5 Å². The summed E-state index contributed by atoms with van der Waals surface area (Å²) in [6.45, 7) is 0. The number of rotatable bonds is 2. The summed E-state index contributed by atoms with van der Waals surface area (Å²) in [7, 11) is 0. The molecule has 0 aliphatic heterocycles. The number of aromatic carboxylic acids is 1. The first-order chi connectivity index (χ1) is 8.08. The Balaban J connectivity index is 2.56. The summed E-state index contributed by atoms with van der Waals surface area (Å²) in [5, 5.41) is 10.7. The maximum Gasteiger partial charge on any atom is 0.131 e. The highest BCUT2D eigenvalue weighted by atomic mass is 19.1. The van der Waals surface area contributed by atoms with Crippen molar-refractivity contribution >= 4 is 5.97 Å². The Labute approximate surface area is 96.1 Å². The molecular formula is C13H7F2O2-. The zero-order valence-corrected chi connectivity index (χ0v) is 8.61. The molecule has 86 valence electrons. The minimum atomic E-state index is -1.36. The lowest BCUT2D eigenvalue weighted by molar-refractivity contribution is -0.255. The van der Waals surface area contributed by atoms with Gasteiger partial charge in [0.15, 0.2) is 0 Å². The summed E-state index contributed by atoms with van der Waals surface area (Å²) in [6.07, 6.45) is 0. The predicted molar refractivity (Wildman–Crippen MR) is 56.1 cm³/mol. The van der Waals surface area contributed by atoms with Crippen molar-refractivity contribution in [3.63, 3.8) is 0 Å². The molecule has 0 heterocycles. The van der Waals surface area contributed by atoms with E-state index in [2.05, 4.69) is 0 Å². The molecule has 0 aliphatic carbocycles. The maximum atomic E-state index is 13.5. The van der Waals surface area contributed by atoms with Crippen LogP contribution in [-0.2, 0) is 0 Å². The van der Waals surface area contributed by atoms with Gasteiger partial charge in [-0.25, -0.2) is 8.78 Å². The minimum absolute atomic E-state index is 0.0214. The molecule has 0 amide bonds. The molecule has 0 atom stereocenters. The van der Waals surface area contributed by atoms with Crippen molar-refractivity contribution in [2.45, 2.75) is 0 Å². The van der Waals surface area contributed by atoms with Gasteiger partial charge in [0.25, 0.3) is 0 Å². The molecule has 0 aromatic heterocycles. The molecule has 0 unspecified atom stereocenters. The molecule has 0 saturated heterocycles. The largest absolute Gasteiger partial charge is 0.545 e. The maximum absolute atomic E-state index is 13.5. The average molecular weight is 233 g/mol. The molecule has 2 nitrogen and oxygen atoms in total. The molecule has 2 aromatic carbocycles. The van der Waals surface area contributed by atoms with E-state index in [0.717, 1.165) is 18.2 Å².